The molecular weight excluding hydrogens is 332 g/mol. The lowest BCUT2D eigenvalue weighted by Gasteiger charge is -2.25. The van der Waals surface area contributed by atoms with Crippen LogP contribution in [0.2, 0.25) is 0 Å². The van der Waals surface area contributed by atoms with Crippen LogP contribution in [0.25, 0.3) is 0 Å². The Hall–Kier alpha value is -2.63. The summed E-state index contributed by atoms with van der Waals surface area (Å²) in [4.78, 5) is 31.7. The number of aryl methyl sites for hydroxylation is 1. The Morgan fingerprint density at radius 2 is 1.58 bits per heavy atom. The van der Waals surface area contributed by atoms with Crippen LogP contribution in [0, 0.1) is 19.3 Å². The van der Waals surface area contributed by atoms with E-state index in [0.717, 1.165) is 28.2 Å². The molecule has 1 aromatic rings. The summed E-state index contributed by atoms with van der Waals surface area (Å²) in [5, 5.41) is 0. The van der Waals surface area contributed by atoms with Gasteiger partial charge < -0.3 is 14.4 Å². The lowest BCUT2D eigenvalue weighted by atomic mass is 9.84. The highest BCUT2D eigenvalue weighted by atomic mass is 16.5. The number of carbonyl (C=O) groups is 2. The summed E-state index contributed by atoms with van der Waals surface area (Å²) in [6.07, 6.45) is 4.10. The van der Waals surface area contributed by atoms with E-state index in [-0.39, 0.29) is 12.8 Å². The van der Waals surface area contributed by atoms with Crippen LogP contribution in [0.3, 0.4) is 0 Å². The fraction of sp³-hybridized carbons (Fsp3) is 0.450. The van der Waals surface area contributed by atoms with Crippen molar-refractivity contribution in [2.45, 2.75) is 26.7 Å². The van der Waals surface area contributed by atoms with Crippen molar-refractivity contribution < 1.29 is 19.1 Å². The van der Waals surface area contributed by atoms with Gasteiger partial charge in [-0.1, -0.05) is 12.2 Å². The number of aromatic nitrogens is 1. The van der Waals surface area contributed by atoms with Gasteiger partial charge in [0.05, 0.1) is 14.2 Å². The summed E-state index contributed by atoms with van der Waals surface area (Å²) in [6, 6.07) is 0. The predicted octanol–water partition coefficient (Wildman–Crippen LogP) is 2.31. The zero-order chi connectivity index (χ0) is 19.5. The number of fused-ring (bicyclic) bond motifs is 1. The molecular formula is C20H26N2O4. The molecule has 0 saturated carbocycles. The van der Waals surface area contributed by atoms with E-state index in [0.29, 0.717) is 13.1 Å². The average molecular weight is 358 g/mol. The van der Waals surface area contributed by atoms with E-state index in [1.807, 2.05) is 13.8 Å². The molecule has 0 bridgehead atoms. The molecule has 6 heteroatoms. The summed E-state index contributed by atoms with van der Waals surface area (Å²) < 4.78 is 9.86. The Morgan fingerprint density at radius 1 is 1.08 bits per heavy atom. The molecule has 0 radical (unpaired) electrons. The molecule has 0 saturated heterocycles. The summed E-state index contributed by atoms with van der Waals surface area (Å²) in [7, 11) is 2.57. The monoisotopic (exact) mass is 358 g/mol. The maximum Gasteiger partial charge on any atom is 0.323 e. The number of esters is 2. The fourth-order valence-corrected chi connectivity index (χ4v) is 3.66. The van der Waals surface area contributed by atoms with Crippen molar-refractivity contribution in [3.05, 3.63) is 47.7 Å². The molecule has 0 unspecified atom stereocenters. The van der Waals surface area contributed by atoms with Crippen molar-refractivity contribution in [3.8, 4) is 0 Å². The zero-order valence-electron chi connectivity index (χ0n) is 15.9. The minimum absolute atomic E-state index is 0.241. The molecule has 0 fully saturated rings. The van der Waals surface area contributed by atoms with E-state index >= 15 is 0 Å². The van der Waals surface area contributed by atoms with Crippen LogP contribution in [-0.4, -0.2) is 44.2 Å². The maximum absolute atomic E-state index is 12.5. The van der Waals surface area contributed by atoms with Gasteiger partial charge in [-0.3, -0.25) is 9.59 Å². The average Bonchev–Trinajstić information content (AvgIpc) is 3.06. The van der Waals surface area contributed by atoms with E-state index in [1.165, 1.54) is 14.2 Å². The predicted molar refractivity (Wildman–Crippen MR) is 100 cm³/mol. The normalized spacial score (nSPS) is 14.3. The van der Waals surface area contributed by atoms with Gasteiger partial charge in [-0.2, -0.15) is 0 Å². The second-order valence-electron chi connectivity index (χ2n) is 6.50. The Bertz CT molecular complexity index is 729. The topological polar surface area (TPSA) is 68.7 Å². The molecule has 0 atom stereocenters. The first kappa shape index (κ1) is 19.7. The lowest BCUT2D eigenvalue weighted by Crippen LogP contribution is -2.42. The molecule has 0 amide bonds. The van der Waals surface area contributed by atoms with Gasteiger partial charge in [0.15, 0.2) is 5.41 Å². The quantitative estimate of drug-likeness (QED) is 0.423. The molecule has 0 N–H and O–H groups in total. The molecule has 1 heterocycles. The van der Waals surface area contributed by atoms with Gasteiger partial charge in [-0.15, -0.1) is 13.2 Å². The molecule has 1 aromatic heterocycles. The molecule has 0 aromatic carbocycles. The number of hydrogen-bond donors (Lipinski definition) is 0. The highest BCUT2D eigenvalue weighted by molar-refractivity contribution is 6.01. The Balaban J connectivity index is 2.58. The molecule has 0 aliphatic heterocycles. The van der Waals surface area contributed by atoms with Crippen molar-refractivity contribution in [1.29, 1.82) is 0 Å². The van der Waals surface area contributed by atoms with Crippen LogP contribution in [0.15, 0.2) is 25.3 Å². The Kier molecular flexibility index (Phi) is 5.85. The van der Waals surface area contributed by atoms with Crippen molar-refractivity contribution in [2.24, 2.45) is 5.41 Å². The van der Waals surface area contributed by atoms with Crippen LogP contribution in [0.4, 0.5) is 5.82 Å². The van der Waals surface area contributed by atoms with Crippen molar-refractivity contribution in [1.82, 2.24) is 4.98 Å². The van der Waals surface area contributed by atoms with Crippen LogP contribution < -0.4 is 4.90 Å². The number of hydrogen-bond acceptors (Lipinski definition) is 6. The third-order valence-electron chi connectivity index (χ3n) is 4.97. The Morgan fingerprint density at radius 3 is 2.04 bits per heavy atom. The third kappa shape index (κ3) is 3.11. The second-order valence-corrected chi connectivity index (χ2v) is 6.50. The van der Waals surface area contributed by atoms with E-state index in [2.05, 4.69) is 18.1 Å². The SMILES string of the molecule is C=CCN(CC=C)c1nc(C)c2c(c1C)CC(C(=O)OC)(C(=O)OC)C2. The third-order valence-corrected chi connectivity index (χ3v) is 4.97. The summed E-state index contributed by atoms with van der Waals surface area (Å²) >= 11 is 0. The molecule has 1 aliphatic rings. The van der Waals surface area contributed by atoms with E-state index < -0.39 is 17.4 Å². The number of ether oxygens (including phenoxy) is 2. The van der Waals surface area contributed by atoms with Crippen LogP contribution in [0.5, 0.6) is 0 Å². The van der Waals surface area contributed by atoms with Gasteiger partial charge in [0.25, 0.3) is 0 Å². The number of nitrogens with zero attached hydrogens (tertiary/aromatic N) is 2. The lowest BCUT2D eigenvalue weighted by molar-refractivity contribution is -0.168. The van der Waals surface area contributed by atoms with Crippen LogP contribution >= 0.6 is 0 Å². The van der Waals surface area contributed by atoms with Gasteiger partial charge in [-0.05, 0) is 30.5 Å². The molecule has 26 heavy (non-hydrogen) atoms. The van der Waals surface area contributed by atoms with Gasteiger partial charge >= 0.3 is 11.9 Å². The highest BCUT2D eigenvalue weighted by Crippen LogP contribution is 2.43. The summed E-state index contributed by atoms with van der Waals surface area (Å²) in [5.74, 6) is -0.337. The van der Waals surface area contributed by atoms with Crippen LogP contribution in [-0.2, 0) is 31.9 Å². The molecule has 6 nitrogen and oxygen atoms in total. The smallest absolute Gasteiger partial charge is 0.323 e. The number of methoxy groups -OCH3 is 2. The van der Waals surface area contributed by atoms with Gasteiger partial charge in [0.2, 0.25) is 0 Å². The largest absolute Gasteiger partial charge is 0.468 e. The number of carbonyl (C=O) groups excluding carboxylic acids is 2. The summed E-state index contributed by atoms with van der Waals surface area (Å²) in [5.41, 5.74) is 2.28. The summed E-state index contributed by atoms with van der Waals surface area (Å²) in [6.45, 7) is 12.7. The number of pyridine rings is 1. The highest BCUT2D eigenvalue weighted by Gasteiger charge is 2.53. The van der Waals surface area contributed by atoms with Gasteiger partial charge in [0, 0.05) is 31.6 Å². The van der Waals surface area contributed by atoms with Gasteiger partial charge in [0.1, 0.15) is 5.82 Å². The van der Waals surface area contributed by atoms with E-state index in [9.17, 15) is 9.59 Å². The van der Waals surface area contributed by atoms with E-state index in [1.54, 1.807) is 12.2 Å². The fourth-order valence-electron chi connectivity index (χ4n) is 3.66. The first-order chi connectivity index (χ1) is 12.4. The van der Waals surface area contributed by atoms with Crippen LogP contribution in [0.1, 0.15) is 22.4 Å². The number of rotatable bonds is 7. The Labute approximate surface area is 154 Å². The van der Waals surface area contributed by atoms with Crippen molar-refractivity contribution >= 4 is 17.8 Å². The van der Waals surface area contributed by atoms with Crippen molar-refractivity contribution in [2.75, 3.05) is 32.2 Å². The first-order valence-electron chi connectivity index (χ1n) is 8.48. The standard InChI is InChI=1S/C20H26N2O4/c1-7-9-22(10-8-2)17-13(3)15-11-20(18(23)25-5,19(24)26-6)12-16(15)14(4)21-17/h7-8H,1-2,9-12H2,3-6H3. The maximum atomic E-state index is 12.5. The first-order valence-corrected chi connectivity index (χ1v) is 8.48. The van der Waals surface area contributed by atoms with Gasteiger partial charge in [-0.25, -0.2) is 4.98 Å². The van der Waals surface area contributed by atoms with E-state index in [4.69, 9.17) is 14.5 Å². The molecule has 0 spiro atoms. The minimum Gasteiger partial charge on any atom is -0.468 e. The molecule has 1 aliphatic carbocycles. The van der Waals surface area contributed by atoms with Crippen molar-refractivity contribution in [3.63, 3.8) is 0 Å². The number of anilines is 1. The molecule has 2 rings (SSSR count). The molecule has 140 valence electrons. The minimum atomic E-state index is -1.34. The second kappa shape index (κ2) is 7.72. The zero-order valence-corrected chi connectivity index (χ0v) is 15.9.